The molecular formula is C13H18N2O2. The predicted octanol–water partition coefficient (Wildman–Crippen LogP) is 1.69. The van der Waals surface area contributed by atoms with Gasteiger partial charge in [-0.25, -0.2) is 0 Å². The van der Waals surface area contributed by atoms with Gasteiger partial charge in [-0.3, -0.25) is 4.79 Å². The largest absolute Gasteiger partial charge is 0.493 e. The number of rotatable bonds is 5. The summed E-state index contributed by atoms with van der Waals surface area (Å²) in [5.41, 5.74) is 7.41. The Balaban J connectivity index is 1.88. The summed E-state index contributed by atoms with van der Waals surface area (Å²) in [6.45, 7) is 1.38. The Morgan fingerprint density at radius 2 is 2.29 bits per heavy atom. The zero-order chi connectivity index (χ0) is 12.1. The molecule has 0 unspecified atom stereocenters. The Hall–Kier alpha value is -1.55. The molecule has 1 aliphatic rings. The van der Waals surface area contributed by atoms with Gasteiger partial charge in [-0.15, -0.1) is 0 Å². The number of anilines is 1. The molecule has 0 aromatic heterocycles. The molecule has 17 heavy (non-hydrogen) atoms. The number of carbonyl (C=O) groups is 1. The molecule has 0 fully saturated rings. The van der Waals surface area contributed by atoms with Crippen LogP contribution in [0.1, 0.15) is 24.8 Å². The number of nitrogens with two attached hydrogens (primary N) is 1. The van der Waals surface area contributed by atoms with Crippen molar-refractivity contribution in [2.75, 3.05) is 18.5 Å². The van der Waals surface area contributed by atoms with Crippen LogP contribution >= 0.6 is 0 Å². The van der Waals surface area contributed by atoms with Gasteiger partial charge in [0.05, 0.1) is 6.61 Å². The minimum Gasteiger partial charge on any atom is -0.493 e. The van der Waals surface area contributed by atoms with Crippen molar-refractivity contribution in [1.29, 1.82) is 0 Å². The van der Waals surface area contributed by atoms with Crippen molar-refractivity contribution in [3.63, 3.8) is 0 Å². The highest BCUT2D eigenvalue weighted by Crippen LogP contribution is 2.27. The maximum atomic E-state index is 11.6. The lowest BCUT2D eigenvalue weighted by atomic mass is 10.1. The summed E-state index contributed by atoms with van der Waals surface area (Å²) >= 11 is 0. The third-order valence-electron chi connectivity index (χ3n) is 2.83. The number of benzene rings is 1. The van der Waals surface area contributed by atoms with Crippen LogP contribution in [0.2, 0.25) is 0 Å². The molecule has 0 saturated heterocycles. The first-order valence-electron chi connectivity index (χ1n) is 6.05. The van der Waals surface area contributed by atoms with E-state index in [0.717, 1.165) is 37.3 Å². The van der Waals surface area contributed by atoms with E-state index in [1.807, 2.05) is 18.2 Å². The summed E-state index contributed by atoms with van der Waals surface area (Å²) in [4.78, 5) is 11.6. The lowest BCUT2D eigenvalue weighted by molar-refractivity contribution is -0.116. The molecule has 0 radical (unpaired) electrons. The molecular weight excluding hydrogens is 216 g/mol. The second kappa shape index (κ2) is 5.68. The van der Waals surface area contributed by atoms with Gasteiger partial charge in [0.25, 0.3) is 0 Å². The van der Waals surface area contributed by atoms with E-state index in [1.54, 1.807) is 0 Å². The molecule has 2 rings (SSSR count). The van der Waals surface area contributed by atoms with Crippen molar-refractivity contribution >= 4 is 11.6 Å². The number of hydrogen-bond acceptors (Lipinski definition) is 3. The second-order valence-corrected chi connectivity index (χ2v) is 4.21. The molecule has 1 aromatic rings. The van der Waals surface area contributed by atoms with Crippen LogP contribution < -0.4 is 15.8 Å². The van der Waals surface area contributed by atoms with Crippen LogP contribution in [0.3, 0.4) is 0 Å². The standard InChI is InChI=1S/C13H18N2O2/c14-7-2-1-3-13(16)15-11-4-5-12-10(9-11)6-8-17-12/h4-5,9H,1-3,6-8,14H2,(H,15,16). The van der Waals surface area contributed by atoms with Crippen molar-refractivity contribution in [1.82, 2.24) is 0 Å². The molecule has 0 atom stereocenters. The van der Waals surface area contributed by atoms with Crippen molar-refractivity contribution in [3.8, 4) is 5.75 Å². The zero-order valence-corrected chi connectivity index (χ0v) is 9.87. The van der Waals surface area contributed by atoms with E-state index in [0.29, 0.717) is 13.0 Å². The summed E-state index contributed by atoms with van der Waals surface area (Å²) < 4.78 is 5.41. The minimum absolute atomic E-state index is 0.0531. The highest BCUT2D eigenvalue weighted by molar-refractivity contribution is 5.90. The zero-order valence-electron chi connectivity index (χ0n) is 9.87. The van der Waals surface area contributed by atoms with Crippen molar-refractivity contribution in [2.24, 2.45) is 5.73 Å². The Morgan fingerprint density at radius 3 is 3.12 bits per heavy atom. The Labute approximate surface area is 101 Å². The SMILES string of the molecule is NCCCCC(=O)Nc1ccc2c(c1)CCO2. The monoisotopic (exact) mass is 234 g/mol. The first-order chi connectivity index (χ1) is 8.29. The molecule has 0 saturated carbocycles. The number of amides is 1. The molecule has 1 amide bonds. The molecule has 0 bridgehead atoms. The van der Waals surface area contributed by atoms with Crippen molar-refractivity contribution < 1.29 is 9.53 Å². The Kier molecular flexibility index (Phi) is 3.98. The highest BCUT2D eigenvalue weighted by Gasteiger charge is 2.12. The smallest absolute Gasteiger partial charge is 0.224 e. The topological polar surface area (TPSA) is 64.4 Å². The fourth-order valence-corrected chi connectivity index (χ4v) is 1.92. The van der Waals surface area contributed by atoms with Crippen LogP contribution in [-0.2, 0) is 11.2 Å². The predicted molar refractivity (Wildman–Crippen MR) is 67.2 cm³/mol. The van der Waals surface area contributed by atoms with Gasteiger partial charge in [-0.2, -0.15) is 0 Å². The molecule has 92 valence electrons. The molecule has 1 heterocycles. The summed E-state index contributed by atoms with van der Waals surface area (Å²) in [6, 6.07) is 5.78. The van der Waals surface area contributed by atoms with E-state index < -0.39 is 0 Å². The Bertz CT molecular complexity index is 404. The maximum absolute atomic E-state index is 11.6. The van der Waals surface area contributed by atoms with E-state index >= 15 is 0 Å². The van der Waals surface area contributed by atoms with Crippen LogP contribution in [0.5, 0.6) is 5.75 Å². The lowest BCUT2D eigenvalue weighted by Gasteiger charge is -2.06. The fourth-order valence-electron chi connectivity index (χ4n) is 1.92. The molecule has 4 heteroatoms. The van der Waals surface area contributed by atoms with Crippen LogP contribution in [0, 0.1) is 0 Å². The van der Waals surface area contributed by atoms with Crippen LogP contribution in [0.15, 0.2) is 18.2 Å². The van der Waals surface area contributed by atoms with Gasteiger partial charge in [-0.05, 0) is 43.1 Å². The van der Waals surface area contributed by atoms with E-state index in [9.17, 15) is 4.79 Å². The number of carbonyl (C=O) groups excluding carboxylic acids is 1. The van der Waals surface area contributed by atoms with Gasteiger partial charge < -0.3 is 15.8 Å². The van der Waals surface area contributed by atoms with Gasteiger partial charge in [0.15, 0.2) is 0 Å². The normalized spacial score (nSPS) is 13.0. The van der Waals surface area contributed by atoms with E-state index in [2.05, 4.69) is 5.32 Å². The van der Waals surface area contributed by atoms with E-state index in [1.165, 1.54) is 5.56 Å². The van der Waals surface area contributed by atoms with Crippen LogP contribution in [0.4, 0.5) is 5.69 Å². The first-order valence-corrected chi connectivity index (χ1v) is 6.05. The van der Waals surface area contributed by atoms with E-state index in [4.69, 9.17) is 10.5 Å². The number of fused-ring (bicyclic) bond motifs is 1. The quantitative estimate of drug-likeness (QED) is 0.762. The third-order valence-corrected chi connectivity index (χ3v) is 2.83. The number of ether oxygens (including phenoxy) is 1. The molecule has 4 nitrogen and oxygen atoms in total. The third kappa shape index (κ3) is 3.20. The average molecular weight is 234 g/mol. The minimum atomic E-state index is 0.0531. The lowest BCUT2D eigenvalue weighted by Crippen LogP contribution is -2.12. The van der Waals surface area contributed by atoms with E-state index in [-0.39, 0.29) is 5.91 Å². The summed E-state index contributed by atoms with van der Waals surface area (Å²) in [5.74, 6) is 0.989. The second-order valence-electron chi connectivity index (χ2n) is 4.21. The summed E-state index contributed by atoms with van der Waals surface area (Å²) in [5, 5.41) is 2.90. The van der Waals surface area contributed by atoms with Gasteiger partial charge in [0.1, 0.15) is 5.75 Å². The maximum Gasteiger partial charge on any atom is 0.224 e. The fraction of sp³-hybridized carbons (Fsp3) is 0.462. The molecule has 0 aliphatic carbocycles. The molecule has 1 aromatic carbocycles. The molecule has 0 spiro atoms. The summed E-state index contributed by atoms with van der Waals surface area (Å²) in [7, 11) is 0. The van der Waals surface area contributed by atoms with Crippen LogP contribution in [-0.4, -0.2) is 19.1 Å². The van der Waals surface area contributed by atoms with Gasteiger partial charge >= 0.3 is 0 Å². The van der Waals surface area contributed by atoms with Crippen molar-refractivity contribution in [3.05, 3.63) is 23.8 Å². The van der Waals surface area contributed by atoms with Gasteiger partial charge in [0.2, 0.25) is 5.91 Å². The van der Waals surface area contributed by atoms with Crippen LogP contribution in [0.25, 0.3) is 0 Å². The van der Waals surface area contributed by atoms with Gasteiger partial charge in [-0.1, -0.05) is 0 Å². The molecule has 3 N–H and O–H groups in total. The molecule has 1 aliphatic heterocycles. The summed E-state index contributed by atoms with van der Waals surface area (Å²) in [6.07, 6.45) is 3.19. The van der Waals surface area contributed by atoms with Gasteiger partial charge in [0, 0.05) is 18.5 Å². The Morgan fingerprint density at radius 1 is 1.41 bits per heavy atom. The first kappa shape index (κ1) is 11.9. The number of nitrogens with one attached hydrogen (secondary N) is 1. The number of hydrogen-bond donors (Lipinski definition) is 2. The highest BCUT2D eigenvalue weighted by atomic mass is 16.5. The van der Waals surface area contributed by atoms with Crippen molar-refractivity contribution in [2.45, 2.75) is 25.7 Å². The average Bonchev–Trinajstić information content (AvgIpc) is 2.76. The number of unbranched alkanes of at least 4 members (excludes halogenated alkanes) is 1.